The van der Waals surface area contributed by atoms with Gasteiger partial charge >= 0.3 is 0 Å². The Labute approximate surface area is 146 Å². The molecular formula is C19H22BrN2O+. The van der Waals surface area contributed by atoms with Gasteiger partial charge in [0.2, 0.25) is 0 Å². The van der Waals surface area contributed by atoms with Crippen molar-refractivity contribution >= 4 is 21.8 Å². The predicted molar refractivity (Wildman–Crippen MR) is 95.6 cm³/mol. The molecule has 0 aliphatic carbocycles. The van der Waals surface area contributed by atoms with E-state index in [2.05, 4.69) is 47.1 Å². The van der Waals surface area contributed by atoms with E-state index in [4.69, 9.17) is 0 Å². The van der Waals surface area contributed by atoms with E-state index in [0.717, 1.165) is 42.8 Å². The lowest BCUT2D eigenvalue weighted by Gasteiger charge is -2.32. The van der Waals surface area contributed by atoms with Gasteiger partial charge in [0.15, 0.2) is 0 Å². The number of hydrogen-bond donors (Lipinski definition) is 1. The molecule has 1 aliphatic rings. The highest BCUT2D eigenvalue weighted by molar-refractivity contribution is 9.10. The monoisotopic (exact) mass is 373 g/mol. The molecule has 0 unspecified atom stereocenters. The van der Waals surface area contributed by atoms with Gasteiger partial charge in [0, 0.05) is 15.6 Å². The number of rotatable bonds is 3. The standard InChI is InChI=1S/C19H21BrN2O/c1-15-4-2-5-16(12-15)14-21-8-10-22(11-9-21)19(23)17-6-3-7-18(20)13-17/h2-7,12-13H,8-11,14H2,1H3/p+1. The van der Waals surface area contributed by atoms with Gasteiger partial charge in [0.05, 0.1) is 26.2 Å². The number of nitrogens with zero attached hydrogens (tertiary/aromatic N) is 1. The molecule has 0 spiro atoms. The SMILES string of the molecule is Cc1cccc(C[NH+]2CCN(C(=O)c3cccc(Br)c3)CC2)c1. The van der Waals surface area contributed by atoms with E-state index in [1.807, 2.05) is 29.2 Å². The Hall–Kier alpha value is -1.65. The Morgan fingerprint density at radius 1 is 1.13 bits per heavy atom. The minimum Gasteiger partial charge on any atom is -0.328 e. The van der Waals surface area contributed by atoms with Gasteiger partial charge in [-0.1, -0.05) is 51.8 Å². The summed E-state index contributed by atoms with van der Waals surface area (Å²) in [5, 5.41) is 0. The molecule has 0 atom stereocenters. The minimum atomic E-state index is 0.140. The Morgan fingerprint density at radius 3 is 2.57 bits per heavy atom. The number of aryl methyl sites for hydroxylation is 1. The summed E-state index contributed by atoms with van der Waals surface area (Å²) >= 11 is 3.43. The molecule has 1 fully saturated rings. The normalized spacial score (nSPS) is 15.7. The molecule has 0 aromatic heterocycles. The van der Waals surface area contributed by atoms with E-state index in [-0.39, 0.29) is 5.91 Å². The maximum Gasteiger partial charge on any atom is 0.254 e. The van der Waals surface area contributed by atoms with Crippen molar-refractivity contribution in [3.63, 3.8) is 0 Å². The molecule has 120 valence electrons. The highest BCUT2D eigenvalue weighted by Crippen LogP contribution is 2.13. The lowest BCUT2D eigenvalue weighted by molar-refractivity contribution is -0.917. The van der Waals surface area contributed by atoms with Crippen LogP contribution in [0.4, 0.5) is 0 Å². The molecule has 3 nitrogen and oxygen atoms in total. The second kappa shape index (κ2) is 7.28. The van der Waals surface area contributed by atoms with Gasteiger partial charge in [-0.3, -0.25) is 4.79 Å². The van der Waals surface area contributed by atoms with Crippen molar-refractivity contribution in [2.75, 3.05) is 26.2 Å². The molecule has 2 aromatic rings. The van der Waals surface area contributed by atoms with Crippen molar-refractivity contribution < 1.29 is 9.69 Å². The summed E-state index contributed by atoms with van der Waals surface area (Å²) in [7, 11) is 0. The van der Waals surface area contributed by atoms with E-state index < -0.39 is 0 Å². The first-order chi connectivity index (χ1) is 11.1. The summed E-state index contributed by atoms with van der Waals surface area (Å²) in [5.41, 5.74) is 3.46. The van der Waals surface area contributed by atoms with Gasteiger partial charge in [0.1, 0.15) is 6.54 Å². The van der Waals surface area contributed by atoms with Gasteiger partial charge in [0.25, 0.3) is 5.91 Å². The number of carbonyl (C=O) groups is 1. The molecule has 0 saturated carbocycles. The zero-order valence-corrected chi connectivity index (χ0v) is 15.0. The van der Waals surface area contributed by atoms with Gasteiger partial charge < -0.3 is 9.80 Å². The topological polar surface area (TPSA) is 24.8 Å². The van der Waals surface area contributed by atoms with Crippen LogP contribution in [-0.4, -0.2) is 37.0 Å². The molecular weight excluding hydrogens is 352 g/mol. The summed E-state index contributed by atoms with van der Waals surface area (Å²) in [6.07, 6.45) is 0. The Kier molecular flexibility index (Phi) is 5.13. The molecule has 1 heterocycles. The third-order valence-electron chi connectivity index (χ3n) is 4.37. The number of amides is 1. The van der Waals surface area contributed by atoms with Crippen LogP contribution in [-0.2, 0) is 6.54 Å². The first-order valence-corrected chi connectivity index (χ1v) is 8.85. The Bertz CT molecular complexity index is 693. The fourth-order valence-corrected chi connectivity index (χ4v) is 3.52. The van der Waals surface area contributed by atoms with Crippen LogP contribution >= 0.6 is 15.9 Å². The van der Waals surface area contributed by atoms with Crippen LogP contribution in [0.5, 0.6) is 0 Å². The van der Waals surface area contributed by atoms with Crippen LogP contribution in [0.1, 0.15) is 21.5 Å². The quantitative estimate of drug-likeness (QED) is 0.876. The van der Waals surface area contributed by atoms with Gasteiger partial charge in [-0.2, -0.15) is 0 Å². The van der Waals surface area contributed by atoms with Crippen LogP contribution in [0.15, 0.2) is 53.0 Å². The minimum absolute atomic E-state index is 0.140. The maximum atomic E-state index is 12.6. The molecule has 0 bridgehead atoms. The molecule has 4 heteroatoms. The second-order valence-electron chi connectivity index (χ2n) is 6.22. The average molecular weight is 374 g/mol. The van der Waals surface area contributed by atoms with Crippen LogP contribution < -0.4 is 4.90 Å². The summed E-state index contributed by atoms with van der Waals surface area (Å²) in [5.74, 6) is 0.140. The summed E-state index contributed by atoms with van der Waals surface area (Å²) < 4.78 is 0.951. The summed E-state index contributed by atoms with van der Waals surface area (Å²) in [6.45, 7) is 6.84. The van der Waals surface area contributed by atoms with E-state index in [0.29, 0.717) is 0 Å². The fourth-order valence-electron chi connectivity index (χ4n) is 3.12. The predicted octanol–water partition coefficient (Wildman–Crippen LogP) is 2.30. The molecule has 23 heavy (non-hydrogen) atoms. The van der Waals surface area contributed by atoms with Crippen molar-refractivity contribution in [2.24, 2.45) is 0 Å². The van der Waals surface area contributed by atoms with Gasteiger partial charge in [-0.05, 0) is 25.1 Å². The molecule has 1 amide bonds. The zero-order valence-electron chi connectivity index (χ0n) is 13.4. The Morgan fingerprint density at radius 2 is 1.87 bits per heavy atom. The van der Waals surface area contributed by atoms with Crippen LogP contribution in [0, 0.1) is 6.92 Å². The fraction of sp³-hybridized carbons (Fsp3) is 0.316. The third kappa shape index (κ3) is 4.21. The number of quaternary nitrogens is 1. The number of benzene rings is 2. The first kappa shape index (κ1) is 16.2. The van der Waals surface area contributed by atoms with Gasteiger partial charge in [-0.15, -0.1) is 0 Å². The summed E-state index contributed by atoms with van der Waals surface area (Å²) in [4.78, 5) is 16.1. The number of halogens is 1. The maximum absolute atomic E-state index is 12.6. The molecule has 1 N–H and O–H groups in total. The van der Waals surface area contributed by atoms with Crippen molar-refractivity contribution in [1.29, 1.82) is 0 Å². The van der Waals surface area contributed by atoms with E-state index in [1.165, 1.54) is 11.1 Å². The Balaban J connectivity index is 1.57. The van der Waals surface area contributed by atoms with Crippen LogP contribution in [0.25, 0.3) is 0 Å². The van der Waals surface area contributed by atoms with E-state index in [9.17, 15) is 4.79 Å². The second-order valence-corrected chi connectivity index (χ2v) is 7.13. The molecule has 1 aliphatic heterocycles. The van der Waals surface area contributed by atoms with Crippen LogP contribution in [0.2, 0.25) is 0 Å². The first-order valence-electron chi connectivity index (χ1n) is 8.06. The number of carbonyl (C=O) groups excluding carboxylic acids is 1. The van der Waals surface area contributed by atoms with Crippen LogP contribution in [0.3, 0.4) is 0 Å². The molecule has 0 radical (unpaired) electrons. The van der Waals surface area contributed by atoms with E-state index in [1.54, 1.807) is 4.90 Å². The molecule has 2 aromatic carbocycles. The lowest BCUT2D eigenvalue weighted by Crippen LogP contribution is -3.13. The molecule has 3 rings (SSSR count). The van der Waals surface area contributed by atoms with Crippen molar-refractivity contribution in [3.05, 3.63) is 69.7 Å². The van der Waals surface area contributed by atoms with Crippen molar-refractivity contribution in [2.45, 2.75) is 13.5 Å². The molecule has 1 saturated heterocycles. The number of hydrogen-bond acceptors (Lipinski definition) is 1. The lowest BCUT2D eigenvalue weighted by atomic mass is 10.1. The number of nitrogens with one attached hydrogen (secondary N) is 1. The van der Waals surface area contributed by atoms with E-state index >= 15 is 0 Å². The third-order valence-corrected chi connectivity index (χ3v) is 4.86. The highest BCUT2D eigenvalue weighted by Gasteiger charge is 2.24. The largest absolute Gasteiger partial charge is 0.328 e. The van der Waals surface area contributed by atoms with Crippen molar-refractivity contribution in [3.8, 4) is 0 Å². The highest BCUT2D eigenvalue weighted by atomic mass is 79.9. The van der Waals surface area contributed by atoms with Gasteiger partial charge in [-0.25, -0.2) is 0 Å². The average Bonchev–Trinajstić information content (AvgIpc) is 2.55. The number of piperazine rings is 1. The summed E-state index contributed by atoms with van der Waals surface area (Å²) in [6, 6.07) is 16.3. The zero-order chi connectivity index (χ0) is 16.2. The van der Waals surface area contributed by atoms with Crippen molar-refractivity contribution in [1.82, 2.24) is 4.90 Å². The smallest absolute Gasteiger partial charge is 0.254 e.